The van der Waals surface area contributed by atoms with Crippen LogP contribution in [0, 0.1) is 0 Å². The molecule has 12 heteroatoms. The molecule has 3 aromatic rings. The molecule has 0 unspecified atom stereocenters. The van der Waals surface area contributed by atoms with E-state index in [1.165, 1.54) is 40.7 Å². The van der Waals surface area contributed by atoms with Crippen molar-refractivity contribution in [3.63, 3.8) is 0 Å². The number of hydrogen-bond donors (Lipinski definition) is 1. The average molecular weight is 479 g/mol. The highest BCUT2D eigenvalue weighted by Crippen LogP contribution is 2.26. The lowest BCUT2D eigenvalue weighted by molar-refractivity contribution is -0.274. The number of halogens is 3. The number of ether oxygens (including phenoxy) is 1. The molecule has 0 spiro atoms. The van der Waals surface area contributed by atoms with Gasteiger partial charge in [0.15, 0.2) is 10.9 Å². The molecule has 0 radical (unpaired) electrons. The zero-order valence-corrected chi connectivity index (χ0v) is 18.3. The van der Waals surface area contributed by atoms with Crippen LogP contribution >= 0.6 is 11.8 Å². The van der Waals surface area contributed by atoms with Crippen molar-refractivity contribution in [1.29, 1.82) is 0 Å². The number of benzene rings is 1. The Morgan fingerprint density at radius 3 is 2.48 bits per heavy atom. The second kappa shape index (κ2) is 10.2. The Bertz CT molecular complexity index is 1070. The summed E-state index contributed by atoms with van der Waals surface area (Å²) in [7, 11) is 0. The van der Waals surface area contributed by atoms with Crippen molar-refractivity contribution in [2.45, 2.75) is 55.4 Å². The summed E-state index contributed by atoms with van der Waals surface area (Å²) in [6.45, 7) is 0. The first-order chi connectivity index (χ1) is 15.9. The second-order valence-electron chi connectivity index (χ2n) is 7.47. The zero-order chi connectivity index (χ0) is 23.3. The Labute approximate surface area is 192 Å². The van der Waals surface area contributed by atoms with Crippen molar-refractivity contribution in [2.75, 3.05) is 0 Å². The number of nitrogens with zero attached hydrogens (tertiary/aromatic N) is 5. The number of hydrogen-bond acceptors (Lipinski definition) is 7. The quantitative estimate of drug-likeness (QED) is 0.399. The van der Waals surface area contributed by atoms with E-state index in [-0.39, 0.29) is 29.1 Å². The normalized spacial score (nSPS) is 14.8. The van der Waals surface area contributed by atoms with E-state index in [0.717, 1.165) is 32.1 Å². The molecular weight excluding hydrogens is 457 g/mol. The fraction of sp³-hybridized carbons (Fsp3) is 0.381. The van der Waals surface area contributed by atoms with E-state index in [0.29, 0.717) is 16.5 Å². The van der Waals surface area contributed by atoms with E-state index in [4.69, 9.17) is 0 Å². The van der Waals surface area contributed by atoms with Crippen molar-refractivity contribution >= 4 is 17.7 Å². The first-order valence-electron chi connectivity index (χ1n) is 10.4. The maximum atomic E-state index is 13.0. The summed E-state index contributed by atoms with van der Waals surface area (Å²) in [5, 5.41) is 11.7. The number of carbonyl (C=O) groups is 1. The molecule has 0 bridgehead atoms. The van der Waals surface area contributed by atoms with Crippen molar-refractivity contribution in [1.82, 2.24) is 30.3 Å². The first kappa shape index (κ1) is 23.0. The molecule has 1 saturated carbocycles. The van der Waals surface area contributed by atoms with Crippen LogP contribution in [0.2, 0.25) is 0 Å². The molecule has 1 aliphatic rings. The maximum absolute atomic E-state index is 13.0. The predicted molar refractivity (Wildman–Crippen MR) is 114 cm³/mol. The molecule has 174 valence electrons. The number of thioether (sulfide) groups is 1. The third kappa shape index (κ3) is 6.21. The highest BCUT2D eigenvalue weighted by Gasteiger charge is 2.31. The SMILES string of the molecule is O=C(NC1CCCCC1)c1nnn(-c2ccc(OC(F)(F)F)cc2)c1CSc1ncccn1. The monoisotopic (exact) mass is 478 g/mol. The number of nitrogens with one attached hydrogen (secondary N) is 1. The highest BCUT2D eigenvalue weighted by atomic mass is 32.2. The minimum atomic E-state index is -4.78. The Hall–Kier alpha value is -3.15. The van der Waals surface area contributed by atoms with E-state index in [1.54, 1.807) is 18.5 Å². The van der Waals surface area contributed by atoms with Gasteiger partial charge < -0.3 is 10.1 Å². The van der Waals surface area contributed by atoms with Crippen molar-refractivity contribution in [3.8, 4) is 11.4 Å². The van der Waals surface area contributed by atoms with Crippen LogP contribution in [0.4, 0.5) is 13.2 Å². The van der Waals surface area contributed by atoms with Crippen LogP contribution in [0.15, 0.2) is 47.9 Å². The number of aromatic nitrogens is 5. The Morgan fingerprint density at radius 2 is 1.82 bits per heavy atom. The Kier molecular flexibility index (Phi) is 7.11. The Morgan fingerprint density at radius 1 is 1.12 bits per heavy atom. The smallest absolute Gasteiger partial charge is 0.406 e. The lowest BCUT2D eigenvalue weighted by Gasteiger charge is -2.22. The third-order valence-electron chi connectivity index (χ3n) is 5.11. The third-order valence-corrected chi connectivity index (χ3v) is 6.00. The molecule has 0 aliphatic heterocycles. The molecule has 33 heavy (non-hydrogen) atoms. The van der Waals surface area contributed by atoms with E-state index in [2.05, 4.69) is 30.3 Å². The van der Waals surface area contributed by atoms with Crippen LogP contribution in [0.3, 0.4) is 0 Å². The summed E-state index contributed by atoms with van der Waals surface area (Å²) in [4.78, 5) is 21.3. The summed E-state index contributed by atoms with van der Waals surface area (Å²) in [6, 6.07) is 7.00. The molecule has 1 fully saturated rings. The molecule has 1 aliphatic carbocycles. The molecule has 2 heterocycles. The van der Waals surface area contributed by atoms with Gasteiger partial charge in [-0.25, -0.2) is 14.6 Å². The fourth-order valence-electron chi connectivity index (χ4n) is 3.60. The molecule has 8 nitrogen and oxygen atoms in total. The van der Waals surface area contributed by atoms with E-state index in [1.807, 2.05) is 0 Å². The lowest BCUT2D eigenvalue weighted by atomic mass is 9.95. The van der Waals surface area contributed by atoms with Gasteiger partial charge in [-0.15, -0.1) is 18.3 Å². The number of alkyl halides is 3. The highest BCUT2D eigenvalue weighted by molar-refractivity contribution is 7.98. The zero-order valence-electron chi connectivity index (χ0n) is 17.5. The molecule has 4 rings (SSSR count). The average Bonchev–Trinajstić information content (AvgIpc) is 3.22. The lowest BCUT2D eigenvalue weighted by Crippen LogP contribution is -2.36. The molecule has 1 amide bonds. The standard InChI is InChI=1S/C21H21F3N6O2S/c22-21(23,24)32-16-9-7-15(8-10-16)30-17(13-33-20-25-11-4-12-26-20)18(28-29-30)19(31)27-14-5-2-1-3-6-14/h4,7-12,14H,1-3,5-6,13H2,(H,27,31). The second-order valence-corrected chi connectivity index (χ2v) is 8.41. The largest absolute Gasteiger partial charge is 0.573 e. The minimum absolute atomic E-state index is 0.0909. The van der Waals surface area contributed by atoms with Gasteiger partial charge >= 0.3 is 6.36 Å². The van der Waals surface area contributed by atoms with E-state index < -0.39 is 6.36 Å². The molecule has 1 aromatic carbocycles. The van der Waals surface area contributed by atoms with E-state index >= 15 is 0 Å². The molecule has 0 atom stereocenters. The van der Waals surface area contributed by atoms with Crippen LogP contribution in [0.5, 0.6) is 5.75 Å². The number of carbonyl (C=O) groups excluding carboxylic acids is 1. The number of rotatable bonds is 7. The number of amides is 1. The van der Waals surface area contributed by atoms with Gasteiger partial charge in [0, 0.05) is 24.2 Å². The van der Waals surface area contributed by atoms with Gasteiger partial charge in [-0.3, -0.25) is 4.79 Å². The molecule has 1 N–H and O–H groups in total. The molecule has 2 aromatic heterocycles. The van der Waals surface area contributed by atoms with Gasteiger partial charge in [-0.05, 0) is 43.2 Å². The Balaban J connectivity index is 1.59. The van der Waals surface area contributed by atoms with Gasteiger partial charge in [0.2, 0.25) is 0 Å². The molecule has 0 saturated heterocycles. The fourth-order valence-corrected chi connectivity index (χ4v) is 4.39. The molecular formula is C21H21F3N6O2S. The summed E-state index contributed by atoms with van der Waals surface area (Å²) in [5.74, 6) is -0.393. The maximum Gasteiger partial charge on any atom is 0.573 e. The summed E-state index contributed by atoms with van der Waals surface area (Å²) >= 11 is 1.30. The van der Waals surface area contributed by atoms with Crippen LogP contribution in [-0.2, 0) is 5.75 Å². The van der Waals surface area contributed by atoms with Crippen molar-refractivity contribution in [2.24, 2.45) is 0 Å². The van der Waals surface area contributed by atoms with Crippen LogP contribution in [0.1, 0.15) is 48.3 Å². The van der Waals surface area contributed by atoms with E-state index in [9.17, 15) is 18.0 Å². The summed E-state index contributed by atoms with van der Waals surface area (Å²) in [6.07, 6.45) is 3.58. The van der Waals surface area contributed by atoms with Gasteiger partial charge in [-0.2, -0.15) is 0 Å². The first-order valence-corrected chi connectivity index (χ1v) is 11.4. The van der Waals surface area contributed by atoms with Crippen LogP contribution in [-0.4, -0.2) is 43.3 Å². The van der Waals surface area contributed by atoms with Crippen LogP contribution in [0.25, 0.3) is 5.69 Å². The van der Waals surface area contributed by atoms with Crippen molar-refractivity contribution < 1.29 is 22.7 Å². The van der Waals surface area contributed by atoms with Crippen LogP contribution < -0.4 is 10.1 Å². The van der Waals surface area contributed by atoms with Gasteiger partial charge in [0.1, 0.15) is 5.75 Å². The minimum Gasteiger partial charge on any atom is -0.406 e. The van der Waals surface area contributed by atoms with Gasteiger partial charge in [-0.1, -0.05) is 36.2 Å². The summed E-state index contributed by atoms with van der Waals surface area (Å²) < 4.78 is 42.8. The predicted octanol–water partition coefficient (Wildman–Crippen LogP) is 4.31. The van der Waals surface area contributed by atoms with Crippen molar-refractivity contribution in [3.05, 3.63) is 54.1 Å². The van der Waals surface area contributed by atoms with Gasteiger partial charge in [0.05, 0.1) is 11.4 Å². The summed E-state index contributed by atoms with van der Waals surface area (Å²) in [5.41, 5.74) is 1.10. The van der Waals surface area contributed by atoms with Gasteiger partial charge in [0.25, 0.3) is 5.91 Å². The topological polar surface area (TPSA) is 94.8 Å².